The summed E-state index contributed by atoms with van der Waals surface area (Å²) in [7, 11) is 0. The minimum absolute atomic E-state index is 0.0404. The van der Waals surface area contributed by atoms with Crippen molar-refractivity contribution in [1.29, 1.82) is 0 Å². The van der Waals surface area contributed by atoms with Crippen molar-refractivity contribution < 1.29 is 13.9 Å². The number of halogens is 1. The Morgan fingerprint density at radius 2 is 1.69 bits per heavy atom. The van der Waals surface area contributed by atoms with Gasteiger partial charge in [0.05, 0.1) is 0 Å². The van der Waals surface area contributed by atoms with Gasteiger partial charge in [0, 0.05) is 21.8 Å². The van der Waals surface area contributed by atoms with Crippen LogP contribution in [0.4, 0.5) is 4.39 Å². The van der Waals surface area contributed by atoms with E-state index in [1.54, 1.807) is 11.8 Å². The number of ether oxygens (including phenoxy) is 1. The summed E-state index contributed by atoms with van der Waals surface area (Å²) >= 11 is 1.76. The number of nitrogens with one attached hydrogen (secondary N) is 1. The van der Waals surface area contributed by atoms with Gasteiger partial charge in [0.1, 0.15) is 11.5 Å². The molecule has 3 rings (SSSR count). The first-order chi connectivity index (χ1) is 24.6. The lowest BCUT2D eigenvalue weighted by atomic mass is 9.63. The first kappa shape index (κ1) is 48.2. The van der Waals surface area contributed by atoms with Crippen LogP contribution in [0.25, 0.3) is 4.91 Å². The summed E-state index contributed by atoms with van der Waals surface area (Å²) in [5.41, 5.74) is 2.48. The van der Waals surface area contributed by atoms with Crippen LogP contribution in [0.5, 0.6) is 5.75 Å². The average Bonchev–Trinajstić information content (AvgIpc) is 3.95. The van der Waals surface area contributed by atoms with Crippen molar-refractivity contribution in [2.24, 2.45) is 34.5 Å². The highest BCUT2D eigenvalue weighted by molar-refractivity contribution is 8.11. The van der Waals surface area contributed by atoms with Gasteiger partial charge < -0.3 is 10.1 Å². The highest BCUT2D eigenvalue weighted by Crippen LogP contribution is 2.49. The van der Waals surface area contributed by atoms with E-state index in [0.29, 0.717) is 34.7 Å². The molecule has 298 valence electrons. The van der Waals surface area contributed by atoms with E-state index < -0.39 is 6.01 Å². The van der Waals surface area contributed by atoms with Gasteiger partial charge in [-0.3, -0.25) is 4.79 Å². The molecule has 1 aromatic rings. The Morgan fingerprint density at radius 1 is 1.02 bits per heavy atom. The standard InChI is InChI=1S/C23H32FNOS.C21H40O.C3H8/c1-5-12-25-13-8-7-9-19-10-11-22(26-18(4)24)21(16-19)23-15-17(3)14-20(6-2)27-23;1-8-13-21(10-3,19(22)17-11-12-17)15-18(20(5,6)7)14-16(4)9-2;1-3-2/h10-11,14-17,25H,4-9,12-13H2,1-3H3;16-18H,8-15H2,1-7H3;3H2,1-2H3/t;16?,18?,21-;/m.1./s1. The molecule has 4 atom stereocenters. The molecule has 0 radical (unpaired) electrons. The van der Waals surface area contributed by atoms with E-state index in [0.717, 1.165) is 93.7 Å². The summed E-state index contributed by atoms with van der Waals surface area (Å²) in [6, 6.07) is 5.30. The number of carbonyl (C=O) groups is 1. The highest BCUT2D eigenvalue weighted by Gasteiger charge is 2.46. The summed E-state index contributed by atoms with van der Waals surface area (Å²) in [4.78, 5) is 15.6. The van der Waals surface area contributed by atoms with Gasteiger partial charge >= 0.3 is 0 Å². The number of allylic oxidation sites excluding steroid dienone is 3. The Bertz CT molecular complexity index is 1240. The first-order valence-corrected chi connectivity index (χ1v) is 22.0. The van der Waals surface area contributed by atoms with Crippen molar-refractivity contribution in [2.75, 3.05) is 13.1 Å². The predicted molar refractivity (Wildman–Crippen MR) is 229 cm³/mol. The molecule has 1 fully saturated rings. The van der Waals surface area contributed by atoms with Crippen molar-refractivity contribution in [2.45, 2.75) is 173 Å². The molecule has 0 aromatic heterocycles. The molecule has 1 aromatic carbocycles. The summed E-state index contributed by atoms with van der Waals surface area (Å²) in [6.45, 7) is 32.4. The number of aryl methyl sites for hydroxylation is 1. The van der Waals surface area contributed by atoms with Crippen molar-refractivity contribution in [3.8, 4) is 5.75 Å². The maximum atomic E-state index is 13.3. The van der Waals surface area contributed by atoms with Crippen LogP contribution in [0.1, 0.15) is 178 Å². The van der Waals surface area contributed by atoms with Gasteiger partial charge in [0.15, 0.2) is 0 Å². The molecule has 0 saturated heterocycles. The molecule has 1 N–H and O–H groups in total. The predicted octanol–water partition coefficient (Wildman–Crippen LogP) is 14.9. The number of hydrogen-bond donors (Lipinski definition) is 1. The Hall–Kier alpha value is -1.85. The molecular formula is C47H80FNO2S. The largest absolute Gasteiger partial charge is 0.431 e. The number of thioether (sulfide) groups is 1. The molecule has 0 amide bonds. The molecule has 3 unspecified atom stereocenters. The third kappa shape index (κ3) is 17.5. The van der Waals surface area contributed by atoms with Gasteiger partial charge in [-0.25, -0.2) is 0 Å². The second kappa shape index (κ2) is 25.3. The second-order valence-corrected chi connectivity index (χ2v) is 17.9. The zero-order chi connectivity index (χ0) is 39.3. The second-order valence-electron chi connectivity index (χ2n) is 16.7. The highest BCUT2D eigenvalue weighted by atomic mass is 32.2. The van der Waals surface area contributed by atoms with E-state index in [1.165, 1.54) is 36.2 Å². The SMILES string of the molecule is C=C(F)Oc1ccc(CCCCNCCC)cc1C1=CC(C)C=C(CC)S1.CCC.CCC[C@](CC)(CC(CC(C)CC)C(C)(C)C)C(=O)C1CC1. The average molecular weight is 742 g/mol. The number of hydrogen-bond acceptors (Lipinski definition) is 4. The van der Waals surface area contributed by atoms with Crippen molar-refractivity contribution >= 4 is 22.5 Å². The molecule has 0 spiro atoms. The molecule has 1 aliphatic heterocycles. The molecule has 2 aliphatic rings. The Labute approximate surface area is 325 Å². The number of carbonyl (C=O) groups excluding carboxylic acids is 1. The third-order valence-corrected chi connectivity index (χ3v) is 11.9. The van der Waals surface area contributed by atoms with Gasteiger partial charge in [0.25, 0.3) is 6.01 Å². The van der Waals surface area contributed by atoms with Gasteiger partial charge in [-0.05, 0) is 136 Å². The Kier molecular flexibility index (Phi) is 23.4. The third-order valence-electron chi connectivity index (χ3n) is 10.6. The number of benzene rings is 1. The molecule has 0 bridgehead atoms. The van der Waals surface area contributed by atoms with E-state index in [1.807, 2.05) is 12.1 Å². The molecule has 3 nitrogen and oxygen atoms in total. The van der Waals surface area contributed by atoms with Crippen LogP contribution < -0.4 is 10.1 Å². The molecule has 1 heterocycles. The summed E-state index contributed by atoms with van der Waals surface area (Å²) in [5.74, 6) is 3.32. The van der Waals surface area contributed by atoms with Crippen LogP contribution in [-0.4, -0.2) is 18.9 Å². The molecule has 5 heteroatoms. The lowest BCUT2D eigenvalue weighted by molar-refractivity contribution is -0.132. The molecule has 52 heavy (non-hydrogen) atoms. The van der Waals surface area contributed by atoms with Crippen LogP contribution in [0, 0.1) is 34.5 Å². The topological polar surface area (TPSA) is 38.3 Å². The Balaban J connectivity index is 0.000000492. The van der Waals surface area contributed by atoms with Crippen LogP contribution in [-0.2, 0) is 11.2 Å². The minimum Gasteiger partial charge on any atom is -0.431 e. The quantitative estimate of drug-likeness (QED) is 0.101. The number of unbranched alkanes of at least 4 members (excludes halogenated alkanes) is 1. The zero-order valence-electron chi connectivity index (χ0n) is 35.8. The van der Waals surface area contributed by atoms with Gasteiger partial charge in [0.2, 0.25) is 0 Å². The van der Waals surface area contributed by atoms with Crippen LogP contribution in [0.3, 0.4) is 0 Å². The van der Waals surface area contributed by atoms with E-state index >= 15 is 0 Å². The van der Waals surface area contributed by atoms with Gasteiger partial charge in [-0.2, -0.15) is 4.39 Å². The smallest absolute Gasteiger partial charge is 0.270 e. The van der Waals surface area contributed by atoms with Crippen molar-refractivity contribution in [1.82, 2.24) is 5.32 Å². The number of Topliss-reactive ketones (excluding diaryl/α,β-unsaturated/α-hetero) is 1. The minimum atomic E-state index is -0.772. The number of rotatable bonds is 21. The summed E-state index contributed by atoms with van der Waals surface area (Å²) < 4.78 is 18.6. The summed E-state index contributed by atoms with van der Waals surface area (Å²) in [6.07, 6.45) is 20.4. The number of ketones is 1. The van der Waals surface area contributed by atoms with E-state index in [2.05, 4.69) is 113 Å². The van der Waals surface area contributed by atoms with E-state index in [4.69, 9.17) is 4.74 Å². The normalized spacial score (nSPS) is 18.0. The lowest BCUT2D eigenvalue weighted by Gasteiger charge is -2.41. The van der Waals surface area contributed by atoms with Crippen LogP contribution in [0.15, 0.2) is 47.8 Å². The van der Waals surface area contributed by atoms with Gasteiger partial charge in [-0.15, -0.1) is 0 Å². The fourth-order valence-corrected chi connectivity index (χ4v) is 8.35. The maximum Gasteiger partial charge on any atom is 0.270 e. The van der Waals surface area contributed by atoms with Crippen molar-refractivity contribution in [3.05, 3.63) is 59.0 Å². The first-order valence-electron chi connectivity index (χ1n) is 21.2. The maximum absolute atomic E-state index is 13.3. The van der Waals surface area contributed by atoms with Gasteiger partial charge in [-0.1, -0.05) is 132 Å². The fraction of sp³-hybridized carbons (Fsp3) is 0.723. The molecule has 1 aliphatic carbocycles. The van der Waals surface area contributed by atoms with Crippen molar-refractivity contribution in [3.63, 3.8) is 0 Å². The van der Waals surface area contributed by atoms with E-state index in [-0.39, 0.29) is 5.41 Å². The Morgan fingerprint density at radius 3 is 2.21 bits per heavy atom. The molecule has 1 saturated carbocycles. The fourth-order valence-electron chi connectivity index (χ4n) is 7.08. The summed E-state index contributed by atoms with van der Waals surface area (Å²) in [5, 5.41) is 3.44. The molecular weight excluding hydrogens is 662 g/mol. The zero-order valence-corrected chi connectivity index (χ0v) is 36.6. The van der Waals surface area contributed by atoms with Crippen LogP contribution >= 0.6 is 11.8 Å². The van der Waals surface area contributed by atoms with Crippen LogP contribution in [0.2, 0.25) is 0 Å². The van der Waals surface area contributed by atoms with E-state index in [9.17, 15) is 9.18 Å². The monoisotopic (exact) mass is 742 g/mol. The lowest BCUT2D eigenvalue weighted by Crippen LogP contribution is -2.37.